The standard InChI is InChI=1S/C15H23BrN2O2/c1-11(12-7-5-6-8-13(12)16)17-9-10-18-14(19)20-15(2,3)4/h5-8,11,17H,9-10H2,1-4H3,(H,18,19). The molecule has 0 saturated heterocycles. The van der Waals surface area contributed by atoms with Crippen LogP contribution in [-0.4, -0.2) is 24.8 Å². The molecule has 0 radical (unpaired) electrons. The van der Waals surface area contributed by atoms with Crippen molar-refractivity contribution in [1.82, 2.24) is 10.6 Å². The molecule has 0 saturated carbocycles. The molecule has 1 rings (SSSR count). The molecular weight excluding hydrogens is 320 g/mol. The summed E-state index contributed by atoms with van der Waals surface area (Å²) in [4.78, 5) is 11.5. The van der Waals surface area contributed by atoms with Gasteiger partial charge < -0.3 is 15.4 Å². The molecule has 0 heterocycles. The Hall–Kier alpha value is -1.07. The highest BCUT2D eigenvalue weighted by Gasteiger charge is 2.15. The maximum absolute atomic E-state index is 11.5. The van der Waals surface area contributed by atoms with Gasteiger partial charge >= 0.3 is 6.09 Å². The van der Waals surface area contributed by atoms with Crippen LogP contribution in [0.5, 0.6) is 0 Å². The van der Waals surface area contributed by atoms with Crippen molar-refractivity contribution in [1.29, 1.82) is 0 Å². The molecule has 0 spiro atoms. The molecule has 1 atom stereocenters. The third kappa shape index (κ3) is 6.39. The number of ether oxygens (including phenoxy) is 1. The summed E-state index contributed by atoms with van der Waals surface area (Å²) in [5, 5.41) is 6.08. The second-order valence-corrected chi connectivity index (χ2v) is 6.48. The number of carbonyl (C=O) groups is 1. The van der Waals surface area contributed by atoms with Crippen molar-refractivity contribution in [3.8, 4) is 0 Å². The number of carbonyl (C=O) groups excluding carboxylic acids is 1. The zero-order chi connectivity index (χ0) is 15.2. The van der Waals surface area contributed by atoms with Gasteiger partial charge in [0.1, 0.15) is 5.60 Å². The smallest absolute Gasteiger partial charge is 0.407 e. The van der Waals surface area contributed by atoms with Crippen molar-refractivity contribution in [2.45, 2.75) is 39.3 Å². The molecule has 112 valence electrons. The highest BCUT2D eigenvalue weighted by Crippen LogP contribution is 2.22. The summed E-state index contributed by atoms with van der Waals surface area (Å²) in [6.07, 6.45) is -0.382. The molecule has 1 aromatic rings. The lowest BCUT2D eigenvalue weighted by molar-refractivity contribution is 0.0528. The van der Waals surface area contributed by atoms with Crippen molar-refractivity contribution in [2.24, 2.45) is 0 Å². The minimum absolute atomic E-state index is 0.214. The van der Waals surface area contributed by atoms with E-state index < -0.39 is 5.60 Å². The summed E-state index contributed by atoms with van der Waals surface area (Å²) in [7, 11) is 0. The molecule has 2 N–H and O–H groups in total. The zero-order valence-corrected chi connectivity index (χ0v) is 14.1. The second-order valence-electron chi connectivity index (χ2n) is 5.63. The van der Waals surface area contributed by atoms with Gasteiger partial charge in [-0.2, -0.15) is 0 Å². The summed E-state index contributed by atoms with van der Waals surface area (Å²) in [5.41, 5.74) is 0.740. The predicted octanol–water partition coefficient (Wildman–Crippen LogP) is 3.62. The number of nitrogens with one attached hydrogen (secondary N) is 2. The Balaban J connectivity index is 2.28. The summed E-state index contributed by atoms with van der Waals surface area (Å²) in [6, 6.07) is 8.31. The molecule has 0 aliphatic heterocycles. The number of rotatable bonds is 5. The van der Waals surface area contributed by atoms with Crippen LogP contribution >= 0.6 is 15.9 Å². The van der Waals surface area contributed by atoms with E-state index in [1.807, 2.05) is 39.0 Å². The zero-order valence-electron chi connectivity index (χ0n) is 12.5. The van der Waals surface area contributed by atoms with E-state index in [9.17, 15) is 4.79 Å². The maximum atomic E-state index is 11.5. The molecule has 1 aromatic carbocycles. The number of alkyl carbamates (subject to hydrolysis) is 1. The Morgan fingerprint density at radius 1 is 1.30 bits per heavy atom. The number of halogens is 1. The molecule has 0 aliphatic carbocycles. The topological polar surface area (TPSA) is 50.4 Å². The lowest BCUT2D eigenvalue weighted by Gasteiger charge is -2.20. The van der Waals surface area contributed by atoms with Crippen molar-refractivity contribution < 1.29 is 9.53 Å². The number of hydrogen-bond acceptors (Lipinski definition) is 3. The summed E-state index contributed by atoms with van der Waals surface area (Å²) in [6.45, 7) is 8.85. The largest absolute Gasteiger partial charge is 0.444 e. The van der Waals surface area contributed by atoms with Crippen LogP contribution in [0.25, 0.3) is 0 Å². The Kier molecular flexibility index (Phi) is 6.49. The molecule has 0 bridgehead atoms. The molecule has 4 nitrogen and oxygen atoms in total. The van der Waals surface area contributed by atoms with Gasteiger partial charge in [0.25, 0.3) is 0 Å². The van der Waals surface area contributed by atoms with Gasteiger partial charge in [-0.3, -0.25) is 0 Å². The van der Waals surface area contributed by atoms with Gasteiger partial charge in [0.15, 0.2) is 0 Å². The first-order valence-electron chi connectivity index (χ1n) is 6.74. The normalized spacial score (nSPS) is 12.8. The number of amides is 1. The number of hydrogen-bond donors (Lipinski definition) is 2. The van der Waals surface area contributed by atoms with Crippen LogP contribution in [0.3, 0.4) is 0 Å². The molecule has 1 amide bonds. The average Bonchev–Trinajstić information content (AvgIpc) is 2.33. The van der Waals surface area contributed by atoms with Crippen LogP contribution in [0.2, 0.25) is 0 Å². The van der Waals surface area contributed by atoms with Crippen LogP contribution in [0, 0.1) is 0 Å². The minimum Gasteiger partial charge on any atom is -0.444 e. The molecule has 0 fully saturated rings. The minimum atomic E-state index is -0.459. The summed E-state index contributed by atoms with van der Waals surface area (Å²) < 4.78 is 6.25. The Morgan fingerprint density at radius 3 is 2.55 bits per heavy atom. The quantitative estimate of drug-likeness (QED) is 0.803. The van der Waals surface area contributed by atoms with E-state index in [0.717, 1.165) is 4.47 Å². The van der Waals surface area contributed by atoms with Crippen molar-refractivity contribution >= 4 is 22.0 Å². The van der Waals surface area contributed by atoms with Crippen molar-refractivity contribution in [3.63, 3.8) is 0 Å². The molecule has 5 heteroatoms. The third-order valence-electron chi connectivity index (χ3n) is 2.62. The van der Waals surface area contributed by atoms with E-state index >= 15 is 0 Å². The molecular formula is C15H23BrN2O2. The van der Waals surface area contributed by atoms with E-state index in [1.165, 1.54) is 5.56 Å². The molecule has 0 aromatic heterocycles. The van der Waals surface area contributed by atoms with Gasteiger partial charge in [0.05, 0.1) is 0 Å². The van der Waals surface area contributed by atoms with Gasteiger partial charge in [-0.25, -0.2) is 4.79 Å². The van der Waals surface area contributed by atoms with Crippen LogP contribution in [0.1, 0.15) is 39.3 Å². The Bertz CT molecular complexity index is 444. The molecule has 20 heavy (non-hydrogen) atoms. The van der Waals surface area contributed by atoms with Crippen LogP contribution in [0.15, 0.2) is 28.7 Å². The highest BCUT2D eigenvalue weighted by molar-refractivity contribution is 9.10. The van der Waals surface area contributed by atoms with Crippen LogP contribution in [-0.2, 0) is 4.74 Å². The Morgan fingerprint density at radius 2 is 1.95 bits per heavy atom. The van der Waals surface area contributed by atoms with Crippen LogP contribution in [0.4, 0.5) is 4.79 Å². The molecule has 1 unspecified atom stereocenters. The first-order chi connectivity index (χ1) is 9.29. The first-order valence-corrected chi connectivity index (χ1v) is 7.53. The fraction of sp³-hybridized carbons (Fsp3) is 0.533. The molecule has 0 aliphatic rings. The maximum Gasteiger partial charge on any atom is 0.407 e. The van der Waals surface area contributed by atoms with Crippen molar-refractivity contribution in [3.05, 3.63) is 34.3 Å². The van der Waals surface area contributed by atoms with E-state index in [0.29, 0.717) is 13.1 Å². The van der Waals surface area contributed by atoms with E-state index in [4.69, 9.17) is 4.74 Å². The third-order valence-corrected chi connectivity index (χ3v) is 3.34. The van der Waals surface area contributed by atoms with Gasteiger partial charge in [-0.1, -0.05) is 34.1 Å². The fourth-order valence-electron chi connectivity index (χ4n) is 1.70. The van der Waals surface area contributed by atoms with Gasteiger partial charge in [-0.05, 0) is 39.3 Å². The van der Waals surface area contributed by atoms with Gasteiger partial charge in [0.2, 0.25) is 0 Å². The Labute approximate surface area is 129 Å². The van der Waals surface area contributed by atoms with Crippen molar-refractivity contribution in [2.75, 3.05) is 13.1 Å². The summed E-state index contributed by atoms with van der Waals surface area (Å²) >= 11 is 3.53. The monoisotopic (exact) mass is 342 g/mol. The summed E-state index contributed by atoms with van der Waals surface area (Å²) in [5.74, 6) is 0. The van der Waals surface area contributed by atoms with E-state index in [2.05, 4.69) is 39.6 Å². The van der Waals surface area contributed by atoms with Gasteiger partial charge in [-0.15, -0.1) is 0 Å². The lowest BCUT2D eigenvalue weighted by atomic mass is 10.1. The van der Waals surface area contributed by atoms with E-state index in [-0.39, 0.29) is 12.1 Å². The second kappa shape index (κ2) is 7.64. The number of benzene rings is 1. The average molecular weight is 343 g/mol. The fourth-order valence-corrected chi connectivity index (χ4v) is 2.33. The lowest BCUT2D eigenvalue weighted by Crippen LogP contribution is -2.36. The van der Waals surface area contributed by atoms with Crippen LogP contribution < -0.4 is 10.6 Å². The first kappa shape index (κ1) is 17.0. The SMILES string of the molecule is CC(NCCNC(=O)OC(C)(C)C)c1ccccc1Br. The van der Waals surface area contributed by atoms with Gasteiger partial charge in [0, 0.05) is 23.6 Å². The predicted molar refractivity (Wildman–Crippen MR) is 84.8 cm³/mol. The highest BCUT2D eigenvalue weighted by atomic mass is 79.9. The van der Waals surface area contributed by atoms with E-state index in [1.54, 1.807) is 0 Å².